The Morgan fingerprint density at radius 1 is 1.23 bits per heavy atom. The van der Waals surface area contributed by atoms with Gasteiger partial charge in [0.25, 0.3) is 11.5 Å². The number of rotatable bonds is 3. The lowest BCUT2D eigenvalue weighted by Crippen LogP contribution is -2.47. The Morgan fingerprint density at radius 2 is 2.00 bits per heavy atom. The number of hydrogen-bond donors (Lipinski definition) is 1. The van der Waals surface area contributed by atoms with Gasteiger partial charge in [0.15, 0.2) is 5.65 Å². The number of H-pyrrole nitrogens is 1. The van der Waals surface area contributed by atoms with E-state index in [0.29, 0.717) is 19.7 Å². The molecule has 31 heavy (non-hydrogen) atoms. The number of para-hydroxylation sites is 1. The van der Waals surface area contributed by atoms with Gasteiger partial charge in [-0.1, -0.05) is 18.2 Å². The summed E-state index contributed by atoms with van der Waals surface area (Å²) < 4.78 is 12.0. The fraction of sp³-hybridized carbons (Fsp3) is 0.364. The molecule has 2 aliphatic heterocycles. The van der Waals surface area contributed by atoms with Crippen molar-refractivity contribution in [2.24, 2.45) is 0 Å². The van der Waals surface area contributed by atoms with Gasteiger partial charge in [0.1, 0.15) is 16.9 Å². The number of benzene rings is 1. The minimum absolute atomic E-state index is 0.0335. The highest BCUT2D eigenvalue weighted by atomic mass is 16.5. The van der Waals surface area contributed by atoms with Crippen molar-refractivity contribution in [2.45, 2.75) is 25.2 Å². The Labute approximate surface area is 177 Å². The fourth-order valence-corrected chi connectivity index (χ4v) is 4.51. The Morgan fingerprint density at radius 3 is 2.77 bits per heavy atom. The minimum Gasteiger partial charge on any atom is -0.492 e. The van der Waals surface area contributed by atoms with Gasteiger partial charge in [-0.05, 0) is 25.8 Å². The number of carbonyl (C=O) groups is 2. The third kappa shape index (κ3) is 2.99. The highest BCUT2D eigenvalue weighted by Gasteiger charge is 2.43. The molecule has 1 aromatic carbocycles. The molecule has 2 aromatic heterocycles. The maximum atomic E-state index is 13.1. The van der Waals surface area contributed by atoms with Gasteiger partial charge in [-0.2, -0.15) is 0 Å². The summed E-state index contributed by atoms with van der Waals surface area (Å²) in [6.45, 7) is 3.57. The summed E-state index contributed by atoms with van der Waals surface area (Å²) >= 11 is 0. The summed E-state index contributed by atoms with van der Waals surface area (Å²) in [5, 5.41) is 2.70. The number of ether oxygens (including phenoxy) is 2. The number of nitrogens with one attached hydrogen (secondary N) is 1. The van der Waals surface area contributed by atoms with E-state index in [1.165, 1.54) is 18.0 Å². The Hall–Kier alpha value is -3.62. The van der Waals surface area contributed by atoms with Crippen molar-refractivity contribution in [3.8, 4) is 5.75 Å². The van der Waals surface area contributed by atoms with Gasteiger partial charge < -0.3 is 14.4 Å². The number of esters is 1. The van der Waals surface area contributed by atoms with E-state index >= 15 is 0 Å². The number of aromatic amines is 1. The summed E-state index contributed by atoms with van der Waals surface area (Å²) in [5.41, 5.74) is 0.825. The van der Waals surface area contributed by atoms with E-state index in [9.17, 15) is 14.4 Å². The molecule has 0 radical (unpaired) electrons. The first-order valence-electron chi connectivity index (χ1n) is 10.3. The molecule has 0 atom stereocenters. The molecule has 1 saturated heterocycles. The first kappa shape index (κ1) is 19.3. The van der Waals surface area contributed by atoms with Crippen LogP contribution >= 0.6 is 0 Å². The smallest absolute Gasteiger partial charge is 0.343 e. The maximum absolute atomic E-state index is 13.1. The quantitative estimate of drug-likeness (QED) is 0.645. The summed E-state index contributed by atoms with van der Waals surface area (Å²) in [7, 11) is 0. The predicted octanol–water partition coefficient (Wildman–Crippen LogP) is 1.77. The van der Waals surface area contributed by atoms with Crippen molar-refractivity contribution >= 4 is 17.5 Å². The third-order valence-corrected chi connectivity index (χ3v) is 6.24. The molecule has 2 aliphatic rings. The third-order valence-electron chi connectivity index (χ3n) is 6.24. The zero-order valence-electron chi connectivity index (χ0n) is 17.1. The molecule has 9 heteroatoms. The van der Waals surface area contributed by atoms with Crippen molar-refractivity contribution in [3.63, 3.8) is 0 Å². The SMILES string of the molecule is CCOC(=O)c1c[nH]n2c(=O)c(C(=O)N3CCC4(CC3)COc3ccccc34)cnc12. The number of hydrogen-bond acceptors (Lipinski definition) is 6. The largest absolute Gasteiger partial charge is 0.492 e. The highest BCUT2D eigenvalue weighted by molar-refractivity contribution is 5.97. The van der Waals surface area contributed by atoms with Gasteiger partial charge in [-0.3, -0.25) is 14.7 Å². The molecule has 1 N–H and O–H groups in total. The monoisotopic (exact) mass is 422 g/mol. The zero-order chi connectivity index (χ0) is 21.6. The fourth-order valence-electron chi connectivity index (χ4n) is 4.51. The second-order valence-corrected chi connectivity index (χ2v) is 7.90. The first-order valence-corrected chi connectivity index (χ1v) is 10.3. The van der Waals surface area contributed by atoms with Crippen molar-refractivity contribution in [1.29, 1.82) is 0 Å². The molecule has 9 nitrogen and oxygen atoms in total. The van der Waals surface area contributed by atoms with Crippen LogP contribution in [-0.2, 0) is 10.2 Å². The number of amides is 1. The van der Waals surface area contributed by atoms with Crippen LogP contribution in [0.25, 0.3) is 5.65 Å². The van der Waals surface area contributed by atoms with Crippen molar-refractivity contribution < 1.29 is 19.1 Å². The van der Waals surface area contributed by atoms with E-state index in [1.807, 2.05) is 18.2 Å². The van der Waals surface area contributed by atoms with Crippen LogP contribution in [0.3, 0.4) is 0 Å². The average molecular weight is 422 g/mol. The van der Waals surface area contributed by atoms with Crippen LogP contribution in [0, 0.1) is 0 Å². The van der Waals surface area contributed by atoms with E-state index in [-0.39, 0.29) is 34.7 Å². The normalized spacial score (nSPS) is 16.9. The van der Waals surface area contributed by atoms with Gasteiger partial charge in [-0.25, -0.2) is 14.3 Å². The topological polar surface area (TPSA) is 106 Å². The zero-order valence-corrected chi connectivity index (χ0v) is 17.1. The summed E-state index contributed by atoms with van der Waals surface area (Å²) in [6.07, 6.45) is 4.14. The summed E-state index contributed by atoms with van der Waals surface area (Å²) in [6, 6.07) is 8.04. The van der Waals surface area contributed by atoms with Crippen LogP contribution < -0.4 is 10.3 Å². The summed E-state index contributed by atoms with van der Waals surface area (Å²) in [5.74, 6) is -0.0202. The van der Waals surface area contributed by atoms with Crippen LogP contribution in [0.15, 0.2) is 41.5 Å². The number of fused-ring (bicyclic) bond motifs is 3. The number of likely N-dealkylation sites (tertiary alicyclic amines) is 1. The van der Waals surface area contributed by atoms with Gasteiger partial charge in [-0.15, -0.1) is 0 Å². The molecular formula is C22H22N4O5. The maximum Gasteiger partial charge on any atom is 0.343 e. The molecule has 0 bridgehead atoms. The Bertz CT molecular complexity index is 1240. The number of aromatic nitrogens is 3. The molecule has 160 valence electrons. The first-order chi connectivity index (χ1) is 15.0. The summed E-state index contributed by atoms with van der Waals surface area (Å²) in [4.78, 5) is 43.9. The molecule has 4 heterocycles. The molecule has 1 amide bonds. The standard InChI is InChI=1S/C22H22N4O5/c1-2-30-21(29)14-12-24-26-18(14)23-11-15(20(26)28)19(27)25-9-7-22(8-10-25)13-31-17-6-4-3-5-16(17)22/h3-6,11-12,24H,2,7-10,13H2,1H3. The number of carbonyl (C=O) groups excluding carboxylic acids is 2. The van der Waals surface area contributed by atoms with Crippen LogP contribution in [0.5, 0.6) is 5.75 Å². The van der Waals surface area contributed by atoms with Gasteiger partial charge in [0.2, 0.25) is 0 Å². The molecule has 0 unspecified atom stereocenters. The number of nitrogens with zero attached hydrogens (tertiary/aromatic N) is 3. The molecule has 1 fully saturated rings. The molecule has 0 aliphatic carbocycles. The number of piperidine rings is 1. The van der Waals surface area contributed by atoms with Crippen LogP contribution in [0.2, 0.25) is 0 Å². The predicted molar refractivity (Wildman–Crippen MR) is 111 cm³/mol. The van der Waals surface area contributed by atoms with Gasteiger partial charge >= 0.3 is 5.97 Å². The van der Waals surface area contributed by atoms with E-state index in [0.717, 1.165) is 23.1 Å². The highest BCUT2D eigenvalue weighted by Crippen LogP contribution is 2.45. The van der Waals surface area contributed by atoms with Crippen molar-refractivity contribution in [2.75, 3.05) is 26.3 Å². The second-order valence-electron chi connectivity index (χ2n) is 7.90. The van der Waals surface area contributed by atoms with Crippen LogP contribution in [0.4, 0.5) is 0 Å². The Kier molecular flexibility index (Phi) is 4.53. The average Bonchev–Trinajstić information content (AvgIpc) is 3.38. The van der Waals surface area contributed by atoms with E-state index in [4.69, 9.17) is 9.47 Å². The lowest BCUT2D eigenvalue weighted by Gasteiger charge is -2.38. The van der Waals surface area contributed by atoms with Crippen molar-refractivity contribution in [1.82, 2.24) is 19.5 Å². The van der Waals surface area contributed by atoms with Gasteiger partial charge in [0.05, 0.1) is 13.2 Å². The molecule has 0 saturated carbocycles. The molecular weight excluding hydrogens is 400 g/mol. The molecule has 3 aromatic rings. The van der Waals surface area contributed by atoms with Gasteiger partial charge in [0, 0.05) is 36.5 Å². The van der Waals surface area contributed by atoms with Crippen LogP contribution in [-0.4, -0.2) is 57.7 Å². The lowest BCUT2D eigenvalue weighted by atomic mass is 9.74. The Balaban J connectivity index is 1.37. The van der Waals surface area contributed by atoms with E-state index in [2.05, 4.69) is 16.1 Å². The van der Waals surface area contributed by atoms with E-state index < -0.39 is 11.5 Å². The van der Waals surface area contributed by atoms with Crippen LogP contribution in [0.1, 0.15) is 46.0 Å². The van der Waals surface area contributed by atoms with Crippen molar-refractivity contribution in [3.05, 3.63) is 63.7 Å². The lowest BCUT2D eigenvalue weighted by molar-refractivity contribution is 0.0528. The molecule has 1 spiro atoms. The second kappa shape index (κ2) is 7.26. The van der Waals surface area contributed by atoms with E-state index in [1.54, 1.807) is 11.8 Å². The minimum atomic E-state index is -0.576. The molecule has 5 rings (SSSR count).